The summed E-state index contributed by atoms with van der Waals surface area (Å²) < 4.78 is 39.0. The van der Waals surface area contributed by atoms with Gasteiger partial charge in [0.05, 0.1) is 0 Å². The Bertz CT molecular complexity index is 477. The maximum atomic E-state index is 11.9. The SMILES string of the molecule is Cc1cc(C(=O)O)c(OC(F)(F)F)[nH]c1=O. The lowest BCUT2D eigenvalue weighted by Crippen LogP contribution is -2.23. The van der Waals surface area contributed by atoms with E-state index in [4.69, 9.17) is 5.11 Å². The first-order valence-electron chi connectivity index (χ1n) is 3.93. The Hall–Kier alpha value is -1.99. The summed E-state index contributed by atoms with van der Waals surface area (Å²) in [6.07, 6.45) is -5.07. The van der Waals surface area contributed by atoms with Crippen LogP contribution in [0, 0.1) is 6.92 Å². The van der Waals surface area contributed by atoms with Gasteiger partial charge in [0.2, 0.25) is 5.88 Å². The molecule has 88 valence electrons. The summed E-state index contributed by atoms with van der Waals surface area (Å²) >= 11 is 0. The third kappa shape index (κ3) is 2.75. The van der Waals surface area contributed by atoms with Crippen molar-refractivity contribution in [2.45, 2.75) is 13.3 Å². The molecule has 0 spiro atoms. The second-order valence-corrected chi connectivity index (χ2v) is 2.88. The van der Waals surface area contributed by atoms with Crippen LogP contribution >= 0.6 is 0 Å². The number of aryl methyl sites for hydroxylation is 1. The first kappa shape index (κ1) is 12.1. The van der Waals surface area contributed by atoms with E-state index in [0.717, 1.165) is 6.07 Å². The number of aromatic amines is 1. The summed E-state index contributed by atoms with van der Waals surface area (Å²) in [5.41, 5.74) is -1.62. The minimum Gasteiger partial charge on any atom is -0.477 e. The summed E-state index contributed by atoms with van der Waals surface area (Å²) in [6, 6.07) is 0.808. The molecule has 5 nitrogen and oxygen atoms in total. The number of alkyl halides is 3. The van der Waals surface area contributed by atoms with Crippen LogP contribution in [-0.2, 0) is 0 Å². The fourth-order valence-corrected chi connectivity index (χ4v) is 0.972. The molecule has 0 atom stereocenters. The summed E-state index contributed by atoms with van der Waals surface area (Å²) in [6.45, 7) is 1.27. The van der Waals surface area contributed by atoms with Crippen LogP contribution in [0.3, 0.4) is 0 Å². The van der Waals surface area contributed by atoms with Crippen LogP contribution in [-0.4, -0.2) is 22.4 Å². The van der Waals surface area contributed by atoms with Crippen LogP contribution in [0.15, 0.2) is 10.9 Å². The number of ether oxygens (including phenoxy) is 1. The monoisotopic (exact) mass is 237 g/mol. The van der Waals surface area contributed by atoms with Crippen molar-refractivity contribution in [3.63, 3.8) is 0 Å². The van der Waals surface area contributed by atoms with Crippen molar-refractivity contribution in [1.82, 2.24) is 4.98 Å². The second-order valence-electron chi connectivity index (χ2n) is 2.88. The number of aromatic carboxylic acids is 1. The molecule has 0 aliphatic carbocycles. The Morgan fingerprint density at radius 1 is 1.50 bits per heavy atom. The van der Waals surface area contributed by atoms with E-state index in [0.29, 0.717) is 0 Å². The van der Waals surface area contributed by atoms with Crippen molar-refractivity contribution in [3.8, 4) is 5.88 Å². The molecule has 1 rings (SSSR count). The van der Waals surface area contributed by atoms with Gasteiger partial charge < -0.3 is 9.84 Å². The van der Waals surface area contributed by atoms with Crippen LogP contribution in [0.25, 0.3) is 0 Å². The Kier molecular flexibility index (Phi) is 2.92. The molecule has 0 saturated heterocycles. The molecular formula is C8H6F3NO4. The number of H-pyrrole nitrogens is 1. The average molecular weight is 237 g/mol. The van der Waals surface area contributed by atoms with Crippen LogP contribution in [0.1, 0.15) is 15.9 Å². The summed E-state index contributed by atoms with van der Waals surface area (Å²) in [5, 5.41) is 8.61. The Morgan fingerprint density at radius 3 is 2.50 bits per heavy atom. The first-order chi connectivity index (χ1) is 7.20. The van der Waals surface area contributed by atoms with E-state index in [9.17, 15) is 22.8 Å². The summed E-state index contributed by atoms with van der Waals surface area (Å²) in [7, 11) is 0. The van der Waals surface area contributed by atoms with Crippen molar-refractivity contribution < 1.29 is 27.8 Å². The Morgan fingerprint density at radius 2 is 2.06 bits per heavy atom. The maximum absolute atomic E-state index is 11.9. The van der Waals surface area contributed by atoms with Crippen LogP contribution in [0.5, 0.6) is 5.88 Å². The Balaban J connectivity index is 3.31. The van der Waals surface area contributed by atoms with E-state index in [1.165, 1.54) is 6.92 Å². The smallest absolute Gasteiger partial charge is 0.477 e. The normalized spacial score (nSPS) is 11.2. The van der Waals surface area contributed by atoms with E-state index >= 15 is 0 Å². The van der Waals surface area contributed by atoms with Crippen molar-refractivity contribution in [1.29, 1.82) is 0 Å². The van der Waals surface area contributed by atoms with Gasteiger partial charge in [0.1, 0.15) is 5.56 Å². The largest absolute Gasteiger partial charge is 0.574 e. The molecule has 1 aromatic heterocycles. The number of nitrogens with one attached hydrogen (secondary N) is 1. The average Bonchev–Trinajstić information content (AvgIpc) is 2.07. The third-order valence-electron chi connectivity index (χ3n) is 1.64. The van der Waals surface area contributed by atoms with Crippen molar-refractivity contribution >= 4 is 5.97 Å². The zero-order valence-electron chi connectivity index (χ0n) is 7.88. The zero-order chi connectivity index (χ0) is 12.5. The number of pyridine rings is 1. The number of carbonyl (C=O) groups is 1. The number of hydrogen-bond donors (Lipinski definition) is 2. The van der Waals surface area contributed by atoms with Crippen molar-refractivity contribution in [2.24, 2.45) is 0 Å². The van der Waals surface area contributed by atoms with Gasteiger partial charge in [-0.05, 0) is 13.0 Å². The molecule has 0 aliphatic heterocycles. The maximum Gasteiger partial charge on any atom is 0.574 e. The third-order valence-corrected chi connectivity index (χ3v) is 1.64. The molecule has 0 fully saturated rings. The fraction of sp³-hybridized carbons (Fsp3) is 0.250. The summed E-state index contributed by atoms with van der Waals surface area (Å²) in [4.78, 5) is 23.3. The zero-order valence-corrected chi connectivity index (χ0v) is 7.88. The molecule has 0 radical (unpaired) electrons. The van der Waals surface area contributed by atoms with Gasteiger partial charge in [0.15, 0.2) is 0 Å². The van der Waals surface area contributed by atoms with Gasteiger partial charge in [-0.1, -0.05) is 0 Å². The second kappa shape index (κ2) is 3.87. The van der Waals surface area contributed by atoms with Crippen molar-refractivity contribution in [3.05, 3.63) is 27.5 Å². The van der Waals surface area contributed by atoms with Gasteiger partial charge in [0.25, 0.3) is 5.56 Å². The van der Waals surface area contributed by atoms with E-state index in [1.807, 2.05) is 0 Å². The molecule has 0 saturated carbocycles. The number of halogens is 3. The van der Waals surface area contributed by atoms with Gasteiger partial charge in [-0.3, -0.25) is 9.78 Å². The van der Waals surface area contributed by atoms with Crippen LogP contribution in [0.2, 0.25) is 0 Å². The van der Waals surface area contributed by atoms with Gasteiger partial charge in [-0.2, -0.15) is 0 Å². The van der Waals surface area contributed by atoms with Gasteiger partial charge in [-0.15, -0.1) is 13.2 Å². The highest BCUT2D eigenvalue weighted by Crippen LogP contribution is 2.23. The van der Waals surface area contributed by atoms with Crippen LogP contribution in [0.4, 0.5) is 13.2 Å². The lowest BCUT2D eigenvalue weighted by atomic mass is 10.2. The minimum absolute atomic E-state index is 0.0214. The molecule has 0 unspecified atom stereocenters. The van der Waals surface area contributed by atoms with Gasteiger partial charge in [-0.25, -0.2) is 4.79 Å². The number of rotatable bonds is 2. The lowest BCUT2D eigenvalue weighted by Gasteiger charge is -2.10. The van der Waals surface area contributed by atoms with E-state index in [-0.39, 0.29) is 5.56 Å². The first-order valence-corrected chi connectivity index (χ1v) is 3.93. The molecule has 0 aliphatic rings. The van der Waals surface area contributed by atoms with Crippen molar-refractivity contribution in [2.75, 3.05) is 0 Å². The van der Waals surface area contributed by atoms with E-state index in [2.05, 4.69) is 4.74 Å². The number of aromatic nitrogens is 1. The Labute approximate surface area is 86.5 Å². The predicted molar refractivity (Wildman–Crippen MR) is 45.4 cm³/mol. The standard InChI is InChI=1S/C8H6F3NO4/c1-3-2-4(7(14)15)6(12-5(3)13)16-8(9,10)11/h2H,1H3,(H,12,13)(H,14,15). The summed E-state index contributed by atoms with van der Waals surface area (Å²) in [5.74, 6) is -2.76. The lowest BCUT2D eigenvalue weighted by molar-refractivity contribution is -0.276. The quantitative estimate of drug-likeness (QED) is 0.811. The van der Waals surface area contributed by atoms with Gasteiger partial charge >= 0.3 is 12.3 Å². The molecule has 16 heavy (non-hydrogen) atoms. The molecule has 1 aromatic rings. The van der Waals surface area contributed by atoms with Crippen LogP contribution < -0.4 is 10.3 Å². The molecule has 0 amide bonds. The molecule has 2 N–H and O–H groups in total. The van der Waals surface area contributed by atoms with Gasteiger partial charge in [0, 0.05) is 5.56 Å². The highest BCUT2D eigenvalue weighted by Gasteiger charge is 2.33. The molecule has 0 bridgehead atoms. The predicted octanol–water partition coefficient (Wildman–Crippen LogP) is 1.28. The molecular weight excluding hydrogens is 231 g/mol. The van der Waals surface area contributed by atoms with E-state index < -0.39 is 29.3 Å². The molecule has 1 heterocycles. The molecule has 0 aromatic carbocycles. The van der Waals surface area contributed by atoms with E-state index in [1.54, 1.807) is 4.98 Å². The number of carboxylic acid groups (broad SMARTS) is 1. The number of carboxylic acids is 1. The highest BCUT2D eigenvalue weighted by molar-refractivity contribution is 5.90. The number of hydrogen-bond acceptors (Lipinski definition) is 3. The molecule has 8 heteroatoms. The highest BCUT2D eigenvalue weighted by atomic mass is 19.4. The minimum atomic E-state index is -5.07. The topological polar surface area (TPSA) is 79.4 Å². The fourth-order valence-electron chi connectivity index (χ4n) is 0.972.